The second-order valence-corrected chi connectivity index (χ2v) is 25.2. The number of hydrogen-bond acceptors (Lipinski definition) is 14. The second kappa shape index (κ2) is 28.7. The van der Waals surface area contributed by atoms with Crippen LogP contribution in [0, 0.1) is 0 Å². The first-order chi connectivity index (χ1) is 36.8. The summed E-state index contributed by atoms with van der Waals surface area (Å²) in [4.78, 5) is 39.0. The average molecular weight is 1170 g/mol. The summed E-state index contributed by atoms with van der Waals surface area (Å²) in [5, 5.41) is 12.6. The molecule has 2 aromatic heterocycles. The lowest BCUT2D eigenvalue weighted by Crippen LogP contribution is -2.44. The van der Waals surface area contributed by atoms with Crippen molar-refractivity contribution in [1.82, 2.24) is 29.9 Å². The Morgan fingerprint density at radius 1 is 0.662 bits per heavy atom. The number of benzene rings is 3. The van der Waals surface area contributed by atoms with Gasteiger partial charge in [0.2, 0.25) is 0 Å². The molecular weight excluding hydrogens is 1100 g/mol. The molecule has 0 radical (unpaired) electrons. The average Bonchev–Trinajstić information content (AvgIpc) is 4.08. The van der Waals surface area contributed by atoms with Gasteiger partial charge in [0.1, 0.15) is 15.7 Å². The number of halogens is 4. The number of piperidine rings is 2. The van der Waals surface area contributed by atoms with Crippen molar-refractivity contribution < 1.29 is 58.6 Å². The van der Waals surface area contributed by atoms with Crippen molar-refractivity contribution in [3.63, 3.8) is 0 Å². The van der Waals surface area contributed by atoms with Crippen molar-refractivity contribution >= 4 is 72.1 Å². The molecule has 2 fully saturated rings. The van der Waals surface area contributed by atoms with Gasteiger partial charge in [-0.05, 0) is 112 Å². The quantitative estimate of drug-likeness (QED) is 0.0357. The number of thiophene rings is 2. The fourth-order valence-electron chi connectivity index (χ4n) is 8.55. The summed E-state index contributed by atoms with van der Waals surface area (Å²) in [6, 6.07) is 21.7. The minimum atomic E-state index is -4.40. The standard InChI is InChI=1S/C29H32F3N3O6S2.C24H34ClN3O4S2/c1-3-41-27(37)25-16-24(18-34-26(36)20-5-4-6-23(15-20)40-2)42-28(25)43(38,39)35-13-11-22(12-14-35)33-17-19-7-9-21(10-8-19)29(30,31)32;1-3-4-5-6-12-26-19-10-13-28(14-11-19)34(30,31)24-22(25)16-21(33-24)17-27-23(29)18-8-7-9-20(15-18)32-2/h4-10,15-16,22,33H,3,11-14,17-18H2,1-2H3,(H,34,36);7-9,15-16,19,26H,3-6,10-14,17H2,1-2H3,(H,27,29). The van der Waals surface area contributed by atoms with Crippen molar-refractivity contribution in [3.8, 4) is 11.5 Å². The number of amides is 2. The predicted octanol–water partition coefficient (Wildman–Crippen LogP) is 9.49. The Morgan fingerprint density at radius 2 is 1.17 bits per heavy atom. The van der Waals surface area contributed by atoms with Gasteiger partial charge < -0.3 is 35.5 Å². The molecule has 0 bridgehead atoms. The van der Waals surface area contributed by atoms with Crippen LogP contribution >= 0.6 is 34.3 Å². The Balaban J connectivity index is 0.000000257. The number of esters is 1. The molecule has 4 heterocycles. The molecule has 4 N–H and O–H groups in total. The van der Waals surface area contributed by atoms with Crippen LogP contribution in [0.15, 0.2) is 93.3 Å². The summed E-state index contributed by atoms with van der Waals surface area (Å²) in [5.74, 6) is -0.316. The lowest BCUT2D eigenvalue weighted by Gasteiger charge is -2.31. The number of alkyl halides is 3. The highest BCUT2D eigenvalue weighted by molar-refractivity contribution is 7.91. The van der Waals surface area contributed by atoms with Gasteiger partial charge in [0.15, 0.2) is 4.21 Å². The highest BCUT2D eigenvalue weighted by Crippen LogP contribution is 2.36. The lowest BCUT2D eigenvalue weighted by molar-refractivity contribution is -0.137. The van der Waals surface area contributed by atoms with Crippen LogP contribution in [0.2, 0.25) is 5.02 Å². The Bertz CT molecular complexity index is 2980. The first kappa shape index (κ1) is 61.1. The molecule has 7 rings (SSSR count). The van der Waals surface area contributed by atoms with Crippen LogP contribution < -0.4 is 30.7 Å². The van der Waals surface area contributed by atoms with Gasteiger partial charge in [0.25, 0.3) is 31.9 Å². The molecule has 3 aromatic carbocycles. The summed E-state index contributed by atoms with van der Waals surface area (Å²) in [5.41, 5.74) is 0.723. The van der Waals surface area contributed by atoms with Gasteiger partial charge in [-0.3, -0.25) is 9.59 Å². The maximum absolute atomic E-state index is 13.7. The van der Waals surface area contributed by atoms with Gasteiger partial charge in [-0.15, -0.1) is 22.7 Å². The predicted molar refractivity (Wildman–Crippen MR) is 292 cm³/mol. The largest absolute Gasteiger partial charge is 0.497 e. The van der Waals surface area contributed by atoms with E-state index >= 15 is 0 Å². The number of methoxy groups -OCH3 is 2. The van der Waals surface area contributed by atoms with Gasteiger partial charge in [-0.25, -0.2) is 21.6 Å². The molecule has 5 aromatic rings. The number of sulfonamides is 2. The molecule has 420 valence electrons. The van der Waals surface area contributed by atoms with E-state index < -0.39 is 37.8 Å². The van der Waals surface area contributed by atoms with Crippen LogP contribution in [-0.4, -0.2) is 109 Å². The summed E-state index contributed by atoms with van der Waals surface area (Å²) in [6.07, 6.45) is 3.01. The number of carbonyl (C=O) groups is 3. The maximum Gasteiger partial charge on any atom is 0.416 e. The molecular formula is C53H66ClF3N6O10S4. The van der Waals surface area contributed by atoms with Crippen LogP contribution in [0.3, 0.4) is 0 Å². The summed E-state index contributed by atoms with van der Waals surface area (Å²) >= 11 is 8.34. The van der Waals surface area contributed by atoms with Crippen molar-refractivity contribution in [2.45, 2.75) is 112 Å². The summed E-state index contributed by atoms with van der Waals surface area (Å²) in [6.45, 7) is 6.74. The monoisotopic (exact) mass is 1170 g/mol. The SMILES string of the molecule is CCCCCCNC1CCN(S(=O)(=O)c2sc(CNC(=O)c3cccc(OC)c3)cc2Cl)CC1.CCOC(=O)c1cc(CNC(=O)c2cccc(OC)c2)sc1S(=O)(=O)N1CCC(NCc2ccc(C(F)(F)F)cc2)CC1. The molecule has 24 heteroatoms. The first-order valence-corrected chi connectivity index (χ1v) is 30.2. The fraction of sp³-hybridized carbons (Fsp3) is 0.453. The minimum Gasteiger partial charge on any atom is -0.497 e. The molecule has 0 aliphatic carbocycles. The van der Waals surface area contributed by atoms with Crippen LogP contribution in [0.4, 0.5) is 13.2 Å². The zero-order valence-corrected chi connectivity index (χ0v) is 47.4. The summed E-state index contributed by atoms with van der Waals surface area (Å²) < 4.78 is 110. The van der Waals surface area contributed by atoms with E-state index in [-0.39, 0.29) is 69.6 Å². The number of ether oxygens (including phenoxy) is 3. The number of hydrogen-bond donors (Lipinski definition) is 4. The van der Waals surface area contributed by atoms with Gasteiger partial charge in [0.05, 0.1) is 50.1 Å². The highest BCUT2D eigenvalue weighted by atomic mass is 35.5. The van der Waals surface area contributed by atoms with E-state index in [1.54, 1.807) is 68.6 Å². The Hall–Kier alpha value is -5.11. The van der Waals surface area contributed by atoms with Crippen molar-refractivity contribution in [2.24, 2.45) is 0 Å². The zero-order valence-electron chi connectivity index (χ0n) is 43.4. The molecule has 0 atom stereocenters. The number of rotatable bonds is 23. The molecule has 16 nitrogen and oxygen atoms in total. The van der Waals surface area contributed by atoms with Crippen LogP contribution in [0.1, 0.15) is 117 Å². The molecule has 0 spiro atoms. The molecule has 2 aliphatic rings. The molecule has 2 saturated heterocycles. The van der Waals surface area contributed by atoms with E-state index in [9.17, 15) is 44.4 Å². The molecule has 0 saturated carbocycles. The van der Waals surface area contributed by atoms with Crippen LogP contribution in [0.25, 0.3) is 0 Å². The number of unbranched alkanes of at least 4 members (excludes halogenated alkanes) is 3. The van der Waals surface area contributed by atoms with Gasteiger partial charge >= 0.3 is 12.1 Å². The molecule has 2 amide bonds. The van der Waals surface area contributed by atoms with Gasteiger partial charge in [-0.1, -0.05) is 62.1 Å². The van der Waals surface area contributed by atoms with E-state index in [0.29, 0.717) is 76.5 Å². The van der Waals surface area contributed by atoms with Gasteiger partial charge in [0, 0.05) is 65.7 Å². The van der Waals surface area contributed by atoms with Crippen LogP contribution in [-0.2, 0) is 50.6 Å². The van der Waals surface area contributed by atoms with Crippen molar-refractivity contribution in [1.29, 1.82) is 0 Å². The summed E-state index contributed by atoms with van der Waals surface area (Å²) in [7, 11) is -4.69. The number of nitrogens with one attached hydrogen (secondary N) is 4. The minimum absolute atomic E-state index is 0.00141. The van der Waals surface area contributed by atoms with Crippen molar-refractivity contribution in [3.05, 3.63) is 128 Å². The lowest BCUT2D eigenvalue weighted by atomic mass is 10.1. The third-order valence-corrected chi connectivity index (χ3v) is 20.5. The third-order valence-electron chi connectivity index (χ3n) is 12.9. The molecule has 77 heavy (non-hydrogen) atoms. The van der Waals surface area contributed by atoms with Crippen molar-refractivity contribution in [2.75, 3.05) is 53.6 Å². The van der Waals surface area contributed by atoms with E-state index in [0.717, 1.165) is 60.6 Å². The Morgan fingerprint density at radius 3 is 1.68 bits per heavy atom. The van der Waals surface area contributed by atoms with Crippen LogP contribution in [0.5, 0.6) is 11.5 Å². The molecule has 2 aliphatic heterocycles. The number of nitrogens with zero attached hydrogens (tertiary/aromatic N) is 2. The van der Waals surface area contributed by atoms with E-state index in [2.05, 4.69) is 28.2 Å². The Kier molecular flexibility index (Phi) is 22.8. The third kappa shape index (κ3) is 17.2. The van der Waals surface area contributed by atoms with E-state index in [4.69, 9.17) is 25.8 Å². The smallest absolute Gasteiger partial charge is 0.416 e. The van der Waals surface area contributed by atoms with E-state index in [1.165, 1.54) is 53.2 Å². The zero-order chi connectivity index (χ0) is 55.8. The van der Waals surface area contributed by atoms with E-state index in [1.807, 2.05) is 0 Å². The normalized spacial score (nSPS) is 15.1. The second-order valence-electron chi connectivity index (χ2n) is 18.3. The number of carbonyl (C=O) groups excluding carboxylic acids is 3. The Labute approximate surface area is 462 Å². The van der Waals surface area contributed by atoms with Gasteiger partial charge in [-0.2, -0.15) is 21.8 Å². The topological polar surface area (TPSA) is 202 Å². The first-order valence-electron chi connectivity index (χ1n) is 25.3. The maximum atomic E-state index is 13.7. The molecule has 0 unspecified atom stereocenters. The fourth-order valence-corrected chi connectivity index (χ4v) is 15.4. The highest BCUT2D eigenvalue weighted by Gasteiger charge is 2.36.